The molecule has 1 fully saturated rings. The SMILES string of the molecule is O=C(ONC1CC1)c1ccccc1. The molecule has 1 saturated carbocycles. The lowest BCUT2D eigenvalue weighted by molar-refractivity contribution is 0.0236. The van der Waals surface area contributed by atoms with Gasteiger partial charge < -0.3 is 4.84 Å². The summed E-state index contributed by atoms with van der Waals surface area (Å²) in [6, 6.07) is 9.34. The minimum Gasteiger partial charge on any atom is -0.366 e. The third-order valence-corrected chi connectivity index (χ3v) is 1.91. The first-order valence-electron chi connectivity index (χ1n) is 4.38. The highest BCUT2D eigenvalue weighted by atomic mass is 16.7. The fourth-order valence-corrected chi connectivity index (χ4v) is 0.971. The van der Waals surface area contributed by atoms with Gasteiger partial charge in [0, 0.05) is 6.04 Å². The van der Waals surface area contributed by atoms with Crippen molar-refractivity contribution in [3.63, 3.8) is 0 Å². The summed E-state index contributed by atoms with van der Waals surface area (Å²) in [5, 5.41) is 0. The first-order chi connectivity index (χ1) is 6.36. The van der Waals surface area contributed by atoms with Gasteiger partial charge in [-0.3, -0.25) is 0 Å². The Balaban J connectivity index is 1.89. The first kappa shape index (κ1) is 8.26. The van der Waals surface area contributed by atoms with Crippen LogP contribution in [-0.4, -0.2) is 12.0 Å². The summed E-state index contributed by atoms with van der Waals surface area (Å²) in [4.78, 5) is 16.2. The number of carbonyl (C=O) groups excluding carboxylic acids is 1. The van der Waals surface area contributed by atoms with E-state index in [1.165, 1.54) is 0 Å². The molecular weight excluding hydrogens is 166 g/mol. The van der Waals surface area contributed by atoms with Crippen molar-refractivity contribution in [2.24, 2.45) is 0 Å². The van der Waals surface area contributed by atoms with Crippen LogP contribution in [0.1, 0.15) is 23.2 Å². The minimum atomic E-state index is -0.312. The third-order valence-electron chi connectivity index (χ3n) is 1.91. The van der Waals surface area contributed by atoms with Crippen LogP contribution in [0.25, 0.3) is 0 Å². The number of carbonyl (C=O) groups is 1. The molecule has 1 aliphatic rings. The lowest BCUT2D eigenvalue weighted by Crippen LogP contribution is -2.21. The second-order valence-corrected chi connectivity index (χ2v) is 3.15. The van der Waals surface area contributed by atoms with Gasteiger partial charge in [-0.2, -0.15) is 0 Å². The molecule has 0 atom stereocenters. The molecule has 3 heteroatoms. The number of hydroxylamine groups is 1. The van der Waals surface area contributed by atoms with Crippen LogP contribution in [0.5, 0.6) is 0 Å². The molecule has 3 nitrogen and oxygen atoms in total. The molecule has 0 amide bonds. The van der Waals surface area contributed by atoms with E-state index in [2.05, 4.69) is 5.48 Å². The van der Waals surface area contributed by atoms with Gasteiger partial charge in [0.15, 0.2) is 0 Å². The number of hydrogen-bond donors (Lipinski definition) is 1. The Morgan fingerprint density at radius 2 is 2.00 bits per heavy atom. The molecule has 0 unspecified atom stereocenters. The highest BCUT2D eigenvalue weighted by Gasteiger charge is 2.22. The molecular formula is C10H11NO2. The van der Waals surface area contributed by atoms with Crippen molar-refractivity contribution < 1.29 is 9.63 Å². The second-order valence-electron chi connectivity index (χ2n) is 3.15. The average Bonchev–Trinajstić information content (AvgIpc) is 2.99. The maximum Gasteiger partial charge on any atom is 0.356 e. The molecule has 0 aromatic heterocycles. The zero-order valence-corrected chi connectivity index (χ0v) is 7.19. The van der Waals surface area contributed by atoms with Gasteiger partial charge in [0.05, 0.1) is 5.56 Å². The Morgan fingerprint density at radius 1 is 1.31 bits per heavy atom. The highest BCUT2D eigenvalue weighted by Crippen LogP contribution is 2.18. The van der Waals surface area contributed by atoms with E-state index in [0.717, 1.165) is 12.8 Å². The summed E-state index contributed by atoms with van der Waals surface area (Å²) < 4.78 is 0. The predicted molar refractivity (Wildman–Crippen MR) is 48.0 cm³/mol. The van der Waals surface area contributed by atoms with Gasteiger partial charge in [-0.1, -0.05) is 18.2 Å². The van der Waals surface area contributed by atoms with Crippen molar-refractivity contribution in [1.29, 1.82) is 0 Å². The largest absolute Gasteiger partial charge is 0.366 e. The number of benzene rings is 1. The predicted octanol–water partition coefficient (Wildman–Crippen LogP) is 1.51. The third kappa shape index (κ3) is 2.29. The second kappa shape index (κ2) is 3.58. The normalized spacial score (nSPS) is 15.4. The molecule has 0 saturated heterocycles. The Hall–Kier alpha value is -1.35. The summed E-state index contributed by atoms with van der Waals surface area (Å²) in [7, 11) is 0. The molecule has 68 valence electrons. The summed E-state index contributed by atoms with van der Waals surface area (Å²) in [5.41, 5.74) is 3.28. The fraction of sp³-hybridized carbons (Fsp3) is 0.300. The molecule has 1 aliphatic carbocycles. The average molecular weight is 177 g/mol. The molecule has 13 heavy (non-hydrogen) atoms. The molecule has 0 radical (unpaired) electrons. The summed E-state index contributed by atoms with van der Waals surface area (Å²) in [6.07, 6.45) is 2.20. The van der Waals surface area contributed by atoms with Crippen molar-refractivity contribution in [2.75, 3.05) is 0 Å². The molecule has 0 aliphatic heterocycles. The highest BCUT2D eigenvalue weighted by molar-refractivity contribution is 5.89. The number of rotatable bonds is 3. The number of nitrogens with one attached hydrogen (secondary N) is 1. The van der Waals surface area contributed by atoms with E-state index in [9.17, 15) is 4.79 Å². The van der Waals surface area contributed by atoms with Gasteiger partial charge >= 0.3 is 5.97 Å². The van der Waals surface area contributed by atoms with Crippen molar-refractivity contribution in [1.82, 2.24) is 5.48 Å². The minimum absolute atomic E-state index is 0.312. The van der Waals surface area contributed by atoms with Crippen LogP contribution in [0, 0.1) is 0 Å². The summed E-state index contributed by atoms with van der Waals surface area (Å²) >= 11 is 0. The fourth-order valence-electron chi connectivity index (χ4n) is 0.971. The molecule has 1 aromatic rings. The Morgan fingerprint density at radius 3 is 2.62 bits per heavy atom. The van der Waals surface area contributed by atoms with E-state index in [1.54, 1.807) is 12.1 Å². The molecule has 0 spiro atoms. The Kier molecular flexibility index (Phi) is 2.27. The molecule has 0 bridgehead atoms. The van der Waals surface area contributed by atoms with E-state index in [1.807, 2.05) is 18.2 Å². The smallest absolute Gasteiger partial charge is 0.356 e. The molecule has 2 rings (SSSR count). The van der Waals surface area contributed by atoms with Crippen molar-refractivity contribution in [3.8, 4) is 0 Å². The Bertz CT molecular complexity index is 293. The van der Waals surface area contributed by atoms with Gasteiger partial charge in [0.1, 0.15) is 0 Å². The van der Waals surface area contributed by atoms with Crippen LogP contribution < -0.4 is 5.48 Å². The topological polar surface area (TPSA) is 38.3 Å². The maximum atomic E-state index is 11.3. The monoisotopic (exact) mass is 177 g/mol. The van der Waals surface area contributed by atoms with Gasteiger partial charge in [-0.05, 0) is 25.0 Å². The maximum absolute atomic E-state index is 11.3. The lowest BCUT2D eigenvalue weighted by Gasteiger charge is -2.03. The van der Waals surface area contributed by atoms with E-state index < -0.39 is 0 Å². The number of hydrogen-bond acceptors (Lipinski definition) is 3. The van der Waals surface area contributed by atoms with E-state index in [4.69, 9.17) is 4.84 Å². The van der Waals surface area contributed by atoms with Crippen molar-refractivity contribution >= 4 is 5.97 Å². The van der Waals surface area contributed by atoms with Crippen LogP contribution in [0.15, 0.2) is 30.3 Å². The zero-order valence-electron chi connectivity index (χ0n) is 7.19. The van der Waals surface area contributed by atoms with Gasteiger partial charge in [0.2, 0.25) is 0 Å². The van der Waals surface area contributed by atoms with Crippen LogP contribution in [-0.2, 0) is 4.84 Å². The van der Waals surface area contributed by atoms with E-state index in [-0.39, 0.29) is 5.97 Å². The van der Waals surface area contributed by atoms with Crippen LogP contribution >= 0.6 is 0 Å². The standard InChI is InChI=1S/C10H11NO2/c12-10(13-11-9-6-7-9)8-4-2-1-3-5-8/h1-5,9,11H,6-7H2. The summed E-state index contributed by atoms with van der Waals surface area (Å²) in [6.45, 7) is 0. The van der Waals surface area contributed by atoms with Crippen molar-refractivity contribution in [3.05, 3.63) is 35.9 Å². The van der Waals surface area contributed by atoms with Crippen LogP contribution in [0.4, 0.5) is 0 Å². The lowest BCUT2D eigenvalue weighted by atomic mass is 10.2. The van der Waals surface area contributed by atoms with Crippen LogP contribution in [0.3, 0.4) is 0 Å². The van der Waals surface area contributed by atoms with E-state index in [0.29, 0.717) is 11.6 Å². The van der Waals surface area contributed by atoms with Gasteiger partial charge in [-0.15, -0.1) is 5.48 Å². The van der Waals surface area contributed by atoms with Gasteiger partial charge in [0.25, 0.3) is 0 Å². The molecule has 1 aromatic carbocycles. The summed E-state index contributed by atoms with van der Waals surface area (Å²) in [5.74, 6) is -0.312. The Labute approximate surface area is 76.7 Å². The quantitative estimate of drug-likeness (QED) is 0.711. The van der Waals surface area contributed by atoms with Crippen LogP contribution in [0.2, 0.25) is 0 Å². The first-order valence-corrected chi connectivity index (χ1v) is 4.38. The van der Waals surface area contributed by atoms with Crippen molar-refractivity contribution in [2.45, 2.75) is 18.9 Å². The molecule has 1 N–H and O–H groups in total. The molecule has 0 heterocycles. The zero-order chi connectivity index (χ0) is 9.10. The van der Waals surface area contributed by atoms with E-state index >= 15 is 0 Å². The van der Waals surface area contributed by atoms with Gasteiger partial charge in [-0.25, -0.2) is 4.79 Å².